The lowest BCUT2D eigenvalue weighted by atomic mass is 10.2. The molecule has 2 heterocycles. The molecule has 4 nitrogen and oxygen atoms in total. The average molecular weight is 249 g/mol. The minimum atomic E-state index is 0.0156. The summed E-state index contributed by atoms with van der Waals surface area (Å²) in [7, 11) is 3.65. The Morgan fingerprint density at radius 2 is 2.35 bits per heavy atom. The van der Waals surface area contributed by atoms with Crippen LogP contribution in [0.25, 0.3) is 0 Å². The third-order valence-corrected chi connectivity index (χ3v) is 3.54. The molecule has 0 radical (unpaired) electrons. The van der Waals surface area contributed by atoms with Crippen LogP contribution in [0.15, 0.2) is 23.0 Å². The summed E-state index contributed by atoms with van der Waals surface area (Å²) in [6.07, 6.45) is 1.63. The van der Waals surface area contributed by atoms with E-state index in [4.69, 9.17) is 0 Å². The maximum Gasteiger partial charge on any atom is 0.257 e. The van der Waals surface area contributed by atoms with Gasteiger partial charge in [-0.3, -0.25) is 9.48 Å². The summed E-state index contributed by atoms with van der Waals surface area (Å²) in [4.78, 5) is 13.9. The number of carbonyl (C=O) groups is 1. The highest BCUT2D eigenvalue weighted by Crippen LogP contribution is 2.13. The van der Waals surface area contributed by atoms with Crippen molar-refractivity contribution in [1.82, 2.24) is 14.7 Å². The van der Waals surface area contributed by atoms with Gasteiger partial charge < -0.3 is 4.90 Å². The lowest BCUT2D eigenvalue weighted by Gasteiger charge is -2.16. The van der Waals surface area contributed by atoms with Gasteiger partial charge in [0, 0.05) is 26.3 Å². The van der Waals surface area contributed by atoms with Gasteiger partial charge in [0.1, 0.15) is 0 Å². The van der Waals surface area contributed by atoms with Crippen molar-refractivity contribution in [2.24, 2.45) is 7.05 Å². The van der Waals surface area contributed by atoms with E-state index in [0.29, 0.717) is 12.1 Å². The Labute approximate surface area is 104 Å². The normalized spacial score (nSPS) is 10.5. The Kier molecular flexibility index (Phi) is 3.28. The molecule has 0 atom stereocenters. The number of aromatic nitrogens is 2. The molecule has 0 aliphatic carbocycles. The third kappa shape index (κ3) is 2.39. The van der Waals surface area contributed by atoms with Crippen molar-refractivity contribution in [3.05, 3.63) is 39.8 Å². The highest BCUT2D eigenvalue weighted by molar-refractivity contribution is 7.07. The monoisotopic (exact) mass is 249 g/mol. The van der Waals surface area contributed by atoms with Gasteiger partial charge >= 0.3 is 0 Å². The quantitative estimate of drug-likeness (QED) is 0.835. The van der Waals surface area contributed by atoms with E-state index in [-0.39, 0.29) is 5.91 Å². The van der Waals surface area contributed by atoms with Gasteiger partial charge in [-0.05, 0) is 29.3 Å². The number of hydrogen-bond donors (Lipinski definition) is 0. The number of rotatable bonds is 3. The van der Waals surface area contributed by atoms with Crippen molar-refractivity contribution in [2.45, 2.75) is 13.5 Å². The number of aryl methyl sites for hydroxylation is 1. The molecule has 0 fully saturated rings. The van der Waals surface area contributed by atoms with E-state index in [1.807, 2.05) is 32.5 Å². The molecule has 2 aromatic heterocycles. The van der Waals surface area contributed by atoms with Gasteiger partial charge in [-0.15, -0.1) is 0 Å². The van der Waals surface area contributed by atoms with E-state index in [1.165, 1.54) is 0 Å². The molecule has 17 heavy (non-hydrogen) atoms. The molecule has 0 unspecified atom stereocenters. The van der Waals surface area contributed by atoms with Crippen LogP contribution in [0.1, 0.15) is 21.6 Å². The molecule has 0 aliphatic heterocycles. The fraction of sp³-hybridized carbons (Fsp3) is 0.333. The Hall–Kier alpha value is -1.62. The molecule has 0 aliphatic rings. The molecule has 0 saturated carbocycles. The lowest BCUT2D eigenvalue weighted by Crippen LogP contribution is -2.26. The first-order valence-electron chi connectivity index (χ1n) is 5.34. The fourth-order valence-corrected chi connectivity index (χ4v) is 2.30. The zero-order valence-electron chi connectivity index (χ0n) is 10.2. The molecular weight excluding hydrogens is 234 g/mol. The maximum atomic E-state index is 12.2. The molecule has 2 rings (SSSR count). The SMILES string of the molecule is Cc1c(C(=O)N(C)Cc2ccsc2)cnn1C. The van der Waals surface area contributed by atoms with Crippen molar-refractivity contribution in [2.75, 3.05) is 7.05 Å². The van der Waals surface area contributed by atoms with Gasteiger partial charge in [0.15, 0.2) is 0 Å². The summed E-state index contributed by atoms with van der Waals surface area (Å²) in [5.74, 6) is 0.0156. The van der Waals surface area contributed by atoms with Crippen LogP contribution in [0.2, 0.25) is 0 Å². The van der Waals surface area contributed by atoms with Crippen molar-refractivity contribution < 1.29 is 4.79 Å². The van der Waals surface area contributed by atoms with Crippen LogP contribution in [0, 0.1) is 6.92 Å². The maximum absolute atomic E-state index is 12.2. The van der Waals surface area contributed by atoms with Crippen LogP contribution in [-0.2, 0) is 13.6 Å². The smallest absolute Gasteiger partial charge is 0.257 e. The average Bonchev–Trinajstić information content (AvgIpc) is 2.90. The first kappa shape index (κ1) is 11.9. The van der Waals surface area contributed by atoms with Gasteiger partial charge in [0.05, 0.1) is 11.8 Å². The highest BCUT2D eigenvalue weighted by atomic mass is 32.1. The number of nitrogens with zero attached hydrogens (tertiary/aromatic N) is 3. The minimum absolute atomic E-state index is 0.0156. The van der Waals surface area contributed by atoms with Crippen LogP contribution in [0.3, 0.4) is 0 Å². The molecule has 0 N–H and O–H groups in total. The van der Waals surface area contributed by atoms with Crippen LogP contribution < -0.4 is 0 Å². The zero-order valence-corrected chi connectivity index (χ0v) is 11.0. The summed E-state index contributed by atoms with van der Waals surface area (Å²) in [6, 6.07) is 2.03. The number of amides is 1. The van der Waals surface area contributed by atoms with Crippen molar-refractivity contribution in [1.29, 1.82) is 0 Å². The molecule has 1 amide bonds. The molecule has 0 spiro atoms. The fourth-order valence-electron chi connectivity index (χ4n) is 1.64. The van der Waals surface area contributed by atoms with E-state index >= 15 is 0 Å². The molecule has 90 valence electrons. The molecule has 2 aromatic rings. The van der Waals surface area contributed by atoms with Gasteiger partial charge in [-0.1, -0.05) is 0 Å². The summed E-state index contributed by atoms with van der Waals surface area (Å²) >= 11 is 1.64. The van der Waals surface area contributed by atoms with Crippen LogP contribution >= 0.6 is 11.3 Å². The van der Waals surface area contributed by atoms with E-state index < -0.39 is 0 Å². The number of hydrogen-bond acceptors (Lipinski definition) is 3. The second-order valence-electron chi connectivity index (χ2n) is 4.06. The number of carbonyl (C=O) groups excluding carboxylic acids is 1. The summed E-state index contributed by atoms with van der Waals surface area (Å²) in [5, 5.41) is 8.16. The third-order valence-electron chi connectivity index (χ3n) is 2.81. The first-order valence-corrected chi connectivity index (χ1v) is 6.29. The molecule has 0 saturated heterocycles. The topological polar surface area (TPSA) is 38.1 Å². The van der Waals surface area contributed by atoms with Gasteiger partial charge in [-0.25, -0.2) is 0 Å². The van der Waals surface area contributed by atoms with Gasteiger partial charge in [0.25, 0.3) is 5.91 Å². The Bertz CT molecular complexity index is 516. The van der Waals surface area contributed by atoms with Crippen LogP contribution in [0.4, 0.5) is 0 Å². The highest BCUT2D eigenvalue weighted by Gasteiger charge is 2.17. The van der Waals surface area contributed by atoms with Crippen LogP contribution in [0.5, 0.6) is 0 Å². The van der Waals surface area contributed by atoms with E-state index in [0.717, 1.165) is 11.3 Å². The predicted octanol–water partition coefficient (Wildman–Crippen LogP) is 2.06. The first-order chi connectivity index (χ1) is 8.09. The van der Waals surface area contributed by atoms with Crippen molar-refractivity contribution >= 4 is 17.2 Å². The summed E-state index contributed by atoms with van der Waals surface area (Å²) < 4.78 is 1.71. The number of thiophene rings is 1. The van der Waals surface area contributed by atoms with E-state index in [2.05, 4.69) is 10.5 Å². The Morgan fingerprint density at radius 1 is 1.59 bits per heavy atom. The second-order valence-corrected chi connectivity index (χ2v) is 4.84. The zero-order chi connectivity index (χ0) is 12.4. The Balaban J connectivity index is 2.12. The minimum Gasteiger partial charge on any atom is -0.337 e. The Morgan fingerprint density at radius 3 is 2.88 bits per heavy atom. The summed E-state index contributed by atoms with van der Waals surface area (Å²) in [5.41, 5.74) is 2.73. The summed E-state index contributed by atoms with van der Waals surface area (Å²) in [6.45, 7) is 2.54. The van der Waals surface area contributed by atoms with Gasteiger partial charge in [-0.2, -0.15) is 16.4 Å². The second kappa shape index (κ2) is 4.71. The molecule has 0 aromatic carbocycles. The lowest BCUT2D eigenvalue weighted by molar-refractivity contribution is 0.0784. The van der Waals surface area contributed by atoms with Crippen molar-refractivity contribution in [3.8, 4) is 0 Å². The molecule has 5 heteroatoms. The van der Waals surface area contributed by atoms with E-state index in [9.17, 15) is 4.79 Å². The molecule has 0 bridgehead atoms. The molecular formula is C12H15N3OS. The standard InChI is InChI=1S/C12H15N3OS/c1-9-11(6-13-15(9)3)12(16)14(2)7-10-4-5-17-8-10/h4-6,8H,7H2,1-3H3. The van der Waals surface area contributed by atoms with Crippen molar-refractivity contribution in [3.63, 3.8) is 0 Å². The predicted molar refractivity (Wildman–Crippen MR) is 68.1 cm³/mol. The van der Waals surface area contributed by atoms with Gasteiger partial charge in [0.2, 0.25) is 0 Å². The van der Waals surface area contributed by atoms with E-state index in [1.54, 1.807) is 27.1 Å². The largest absolute Gasteiger partial charge is 0.337 e. The van der Waals surface area contributed by atoms with Crippen LogP contribution in [-0.4, -0.2) is 27.6 Å².